The summed E-state index contributed by atoms with van der Waals surface area (Å²) in [5, 5.41) is 6.88. The number of hydrogen-bond donors (Lipinski definition) is 1. The summed E-state index contributed by atoms with van der Waals surface area (Å²) in [7, 11) is 1.86. The summed E-state index contributed by atoms with van der Waals surface area (Å²) in [5.74, 6) is 1.55. The molecule has 0 saturated carbocycles. The quantitative estimate of drug-likeness (QED) is 0.547. The zero-order valence-corrected chi connectivity index (χ0v) is 19.0. The number of ether oxygens (including phenoxy) is 1. The number of aromatic nitrogens is 1. The Morgan fingerprint density at radius 2 is 2.10 bits per heavy atom. The molecule has 1 N–H and O–H groups in total. The fourth-order valence-electron chi connectivity index (χ4n) is 3.46. The lowest BCUT2D eigenvalue weighted by molar-refractivity contribution is 0.0907. The molecule has 0 amide bonds. The molecule has 1 aliphatic heterocycles. The molecule has 0 bridgehead atoms. The second-order valence-electron chi connectivity index (χ2n) is 8.70. The van der Waals surface area contributed by atoms with Crippen LogP contribution in [0.3, 0.4) is 0 Å². The van der Waals surface area contributed by atoms with Gasteiger partial charge in [0.25, 0.3) is 0 Å². The Labute approximate surface area is 179 Å². The number of hydrogen-bond acceptors (Lipinski definition) is 4. The summed E-state index contributed by atoms with van der Waals surface area (Å²) in [6.07, 6.45) is 2.08. The highest BCUT2D eigenvalue weighted by Gasteiger charge is 2.25. The summed E-state index contributed by atoms with van der Waals surface area (Å²) in [5.41, 5.74) is 2.53. The van der Waals surface area contributed by atoms with Crippen LogP contribution in [0.25, 0.3) is 0 Å². The lowest BCUT2D eigenvalue weighted by Crippen LogP contribution is -2.41. The van der Waals surface area contributed by atoms with Gasteiger partial charge >= 0.3 is 0 Å². The summed E-state index contributed by atoms with van der Waals surface area (Å²) in [4.78, 5) is 11.6. The van der Waals surface area contributed by atoms with Gasteiger partial charge in [0.1, 0.15) is 0 Å². The maximum Gasteiger partial charge on any atom is 0.193 e. The molecular formula is C23H34N4OS. The summed E-state index contributed by atoms with van der Waals surface area (Å²) < 4.78 is 5.94. The average molecular weight is 415 g/mol. The van der Waals surface area contributed by atoms with Gasteiger partial charge in [0, 0.05) is 49.8 Å². The number of aliphatic imine (C=N–C) groups is 1. The van der Waals surface area contributed by atoms with Crippen molar-refractivity contribution in [3.63, 3.8) is 0 Å². The fourth-order valence-corrected chi connectivity index (χ4v) is 4.49. The first-order chi connectivity index (χ1) is 14.0. The molecule has 3 rings (SSSR count). The molecule has 1 saturated heterocycles. The van der Waals surface area contributed by atoms with Gasteiger partial charge in [-0.25, -0.2) is 4.98 Å². The van der Waals surface area contributed by atoms with Gasteiger partial charge in [0.2, 0.25) is 0 Å². The lowest BCUT2D eigenvalue weighted by atomic mass is 9.93. The van der Waals surface area contributed by atoms with Crippen molar-refractivity contribution in [2.24, 2.45) is 10.9 Å². The molecule has 6 heteroatoms. The van der Waals surface area contributed by atoms with Crippen molar-refractivity contribution in [1.82, 2.24) is 15.2 Å². The van der Waals surface area contributed by atoms with E-state index in [2.05, 4.69) is 65.6 Å². The van der Waals surface area contributed by atoms with Crippen molar-refractivity contribution in [2.45, 2.75) is 45.6 Å². The van der Waals surface area contributed by atoms with Crippen molar-refractivity contribution < 1.29 is 4.74 Å². The second kappa shape index (κ2) is 10.2. The van der Waals surface area contributed by atoms with E-state index in [1.54, 1.807) is 11.3 Å². The van der Waals surface area contributed by atoms with Gasteiger partial charge in [0.05, 0.1) is 23.9 Å². The minimum Gasteiger partial charge on any atom is -0.376 e. The average Bonchev–Trinajstić information content (AvgIpc) is 3.36. The molecule has 158 valence electrons. The van der Waals surface area contributed by atoms with E-state index in [4.69, 9.17) is 9.72 Å². The first-order valence-electron chi connectivity index (χ1n) is 10.5. The Hall–Kier alpha value is -1.92. The van der Waals surface area contributed by atoms with Crippen LogP contribution in [0.5, 0.6) is 0 Å². The molecule has 1 atom stereocenters. The van der Waals surface area contributed by atoms with Crippen LogP contribution < -0.4 is 5.32 Å². The highest BCUT2D eigenvalue weighted by molar-refractivity contribution is 7.09. The van der Waals surface area contributed by atoms with E-state index in [0.717, 1.165) is 45.0 Å². The van der Waals surface area contributed by atoms with Crippen molar-refractivity contribution >= 4 is 17.3 Å². The van der Waals surface area contributed by atoms with Crippen LogP contribution in [0.4, 0.5) is 0 Å². The third kappa shape index (κ3) is 6.54. The van der Waals surface area contributed by atoms with E-state index in [0.29, 0.717) is 12.5 Å². The largest absolute Gasteiger partial charge is 0.376 e. The molecular weight excluding hydrogens is 380 g/mol. The number of nitrogens with one attached hydrogen (secondary N) is 1. The minimum atomic E-state index is 0.116. The third-order valence-electron chi connectivity index (χ3n) is 5.20. The van der Waals surface area contributed by atoms with Gasteiger partial charge in [0.15, 0.2) is 5.96 Å². The molecule has 0 aliphatic carbocycles. The maximum absolute atomic E-state index is 5.94. The normalized spacial score (nSPS) is 17.7. The van der Waals surface area contributed by atoms with E-state index in [1.165, 1.54) is 16.3 Å². The highest BCUT2D eigenvalue weighted by Crippen LogP contribution is 2.24. The first-order valence-corrected chi connectivity index (χ1v) is 11.4. The number of rotatable bonds is 7. The van der Waals surface area contributed by atoms with Gasteiger partial charge in [-0.2, -0.15) is 0 Å². The van der Waals surface area contributed by atoms with E-state index < -0.39 is 0 Å². The molecule has 2 heterocycles. The topological polar surface area (TPSA) is 49.8 Å². The molecule has 0 radical (unpaired) electrons. The Kier molecular flexibility index (Phi) is 7.67. The van der Waals surface area contributed by atoms with Crippen LogP contribution in [0, 0.1) is 5.92 Å². The minimum absolute atomic E-state index is 0.116. The van der Waals surface area contributed by atoms with Crippen LogP contribution in [-0.2, 0) is 23.2 Å². The predicted octanol–water partition coefficient (Wildman–Crippen LogP) is 4.10. The van der Waals surface area contributed by atoms with Gasteiger partial charge in [-0.3, -0.25) is 4.99 Å². The fraction of sp³-hybridized carbons (Fsp3) is 0.565. The summed E-state index contributed by atoms with van der Waals surface area (Å²) in [6.45, 7) is 11.0. The Bertz CT molecular complexity index is 782. The maximum atomic E-state index is 5.94. The lowest BCUT2D eigenvalue weighted by Gasteiger charge is -2.21. The van der Waals surface area contributed by atoms with Gasteiger partial charge < -0.3 is 15.0 Å². The molecule has 1 aliphatic rings. The van der Waals surface area contributed by atoms with Crippen LogP contribution in [0.2, 0.25) is 0 Å². The van der Waals surface area contributed by atoms with Crippen LogP contribution in [0.1, 0.15) is 43.5 Å². The molecule has 5 nitrogen and oxygen atoms in total. The van der Waals surface area contributed by atoms with Crippen molar-refractivity contribution in [2.75, 3.05) is 33.3 Å². The zero-order valence-electron chi connectivity index (χ0n) is 18.1. The number of likely N-dealkylation sites (tertiary alicyclic amines) is 1. The summed E-state index contributed by atoms with van der Waals surface area (Å²) in [6, 6.07) is 10.4. The molecule has 0 spiro atoms. The number of guanidine groups is 1. The zero-order chi connectivity index (χ0) is 20.7. The molecule has 1 aromatic heterocycles. The van der Waals surface area contributed by atoms with Crippen molar-refractivity contribution in [3.05, 3.63) is 52.0 Å². The smallest absolute Gasteiger partial charge is 0.193 e. The SMILES string of the molecule is CN=C(NCCc1nc(C(C)(C)C)cs1)N1CCC(COCc2ccccc2)C1. The molecule has 29 heavy (non-hydrogen) atoms. The van der Waals surface area contributed by atoms with E-state index >= 15 is 0 Å². The number of thiazole rings is 1. The predicted molar refractivity (Wildman–Crippen MR) is 122 cm³/mol. The van der Waals surface area contributed by atoms with E-state index in [1.807, 2.05) is 13.1 Å². The van der Waals surface area contributed by atoms with Crippen LogP contribution in [-0.4, -0.2) is 49.1 Å². The summed E-state index contributed by atoms with van der Waals surface area (Å²) >= 11 is 1.75. The van der Waals surface area contributed by atoms with Crippen molar-refractivity contribution in [3.8, 4) is 0 Å². The first kappa shape index (κ1) is 21.8. The highest BCUT2D eigenvalue weighted by atomic mass is 32.1. The van der Waals surface area contributed by atoms with Gasteiger partial charge in [-0.15, -0.1) is 11.3 Å². The van der Waals surface area contributed by atoms with Crippen molar-refractivity contribution in [1.29, 1.82) is 0 Å². The van der Waals surface area contributed by atoms with E-state index in [-0.39, 0.29) is 5.41 Å². The molecule has 1 aromatic carbocycles. The molecule has 2 aromatic rings. The number of benzene rings is 1. The monoisotopic (exact) mass is 414 g/mol. The number of nitrogens with zero attached hydrogens (tertiary/aromatic N) is 3. The Morgan fingerprint density at radius 3 is 2.79 bits per heavy atom. The third-order valence-corrected chi connectivity index (χ3v) is 6.11. The van der Waals surface area contributed by atoms with Gasteiger partial charge in [-0.05, 0) is 12.0 Å². The van der Waals surface area contributed by atoms with Gasteiger partial charge in [-0.1, -0.05) is 51.1 Å². The Morgan fingerprint density at radius 1 is 1.31 bits per heavy atom. The standard InChI is InChI=1S/C23H34N4OS/c1-23(2,3)20-17-29-21(26-20)10-12-25-22(24-4)27-13-11-19(14-27)16-28-15-18-8-6-5-7-9-18/h5-9,17,19H,10-16H2,1-4H3,(H,24,25). The second-order valence-corrected chi connectivity index (χ2v) is 9.64. The molecule has 1 unspecified atom stereocenters. The molecule has 1 fully saturated rings. The van der Waals surface area contributed by atoms with Crippen LogP contribution in [0.15, 0.2) is 40.7 Å². The van der Waals surface area contributed by atoms with Crippen LogP contribution >= 0.6 is 11.3 Å². The Balaban J connectivity index is 1.38. The van der Waals surface area contributed by atoms with E-state index in [9.17, 15) is 0 Å².